The maximum Gasteiger partial charge on any atom is 0.231 e. The Morgan fingerprint density at radius 3 is 2.55 bits per heavy atom. The number of amides is 1. The third kappa shape index (κ3) is 2.11. The van der Waals surface area contributed by atoms with Crippen molar-refractivity contribution in [2.45, 2.75) is 19.3 Å². The molecule has 3 rings (SSSR count). The van der Waals surface area contributed by atoms with Gasteiger partial charge in [0.1, 0.15) is 0 Å². The maximum atomic E-state index is 12.7. The zero-order chi connectivity index (χ0) is 14.1. The first-order chi connectivity index (χ1) is 9.68. The largest absolute Gasteiger partial charge is 0.550 e. The van der Waals surface area contributed by atoms with Crippen molar-refractivity contribution in [2.24, 2.45) is 11.8 Å². The summed E-state index contributed by atoms with van der Waals surface area (Å²) in [6.45, 7) is 0.637. The molecule has 0 N–H and O–H groups in total. The Hall–Kier alpha value is -2.10. The van der Waals surface area contributed by atoms with Gasteiger partial charge in [0.05, 0.1) is 5.92 Å². The fraction of sp³-hybridized carbons (Fsp3) is 0.375. The number of benzene rings is 1. The number of hydrogen-bond donors (Lipinski definition) is 0. The van der Waals surface area contributed by atoms with Gasteiger partial charge in [0.2, 0.25) is 5.91 Å². The SMILES string of the molecule is O=C([O-])C1CC=CCC1C(=O)N1CCc2ccccc21. The van der Waals surface area contributed by atoms with Crippen molar-refractivity contribution in [2.75, 3.05) is 11.4 Å². The monoisotopic (exact) mass is 270 g/mol. The van der Waals surface area contributed by atoms with E-state index in [2.05, 4.69) is 0 Å². The molecule has 1 heterocycles. The van der Waals surface area contributed by atoms with E-state index in [0.29, 0.717) is 19.4 Å². The molecular formula is C16H16NO3-. The fourth-order valence-electron chi connectivity index (χ4n) is 3.11. The second kappa shape index (κ2) is 5.12. The van der Waals surface area contributed by atoms with Crippen LogP contribution in [0.1, 0.15) is 18.4 Å². The lowest BCUT2D eigenvalue weighted by Gasteiger charge is -2.31. The molecule has 4 heteroatoms. The lowest BCUT2D eigenvalue weighted by Crippen LogP contribution is -2.45. The molecule has 0 saturated heterocycles. The van der Waals surface area contributed by atoms with E-state index >= 15 is 0 Å². The molecule has 4 nitrogen and oxygen atoms in total. The third-order valence-corrected chi connectivity index (χ3v) is 4.21. The summed E-state index contributed by atoms with van der Waals surface area (Å²) in [5.41, 5.74) is 2.07. The van der Waals surface area contributed by atoms with Gasteiger partial charge in [-0.25, -0.2) is 0 Å². The maximum absolute atomic E-state index is 12.7. The van der Waals surface area contributed by atoms with Gasteiger partial charge in [-0.05, 0) is 30.9 Å². The predicted molar refractivity (Wildman–Crippen MR) is 72.9 cm³/mol. The number of nitrogens with zero attached hydrogens (tertiary/aromatic N) is 1. The van der Waals surface area contributed by atoms with Crippen molar-refractivity contribution in [1.82, 2.24) is 0 Å². The van der Waals surface area contributed by atoms with Crippen LogP contribution < -0.4 is 10.0 Å². The van der Waals surface area contributed by atoms with Gasteiger partial charge in [0, 0.05) is 24.1 Å². The molecule has 2 aliphatic rings. The van der Waals surface area contributed by atoms with Gasteiger partial charge >= 0.3 is 0 Å². The van der Waals surface area contributed by atoms with E-state index in [1.807, 2.05) is 36.4 Å². The number of carbonyl (C=O) groups excluding carboxylic acids is 2. The minimum Gasteiger partial charge on any atom is -0.550 e. The molecule has 1 amide bonds. The molecule has 1 aromatic carbocycles. The fourth-order valence-corrected chi connectivity index (χ4v) is 3.11. The average molecular weight is 270 g/mol. The Labute approximate surface area is 117 Å². The second-order valence-corrected chi connectivity index (χ2v) is 5.34. The first-order valence-corrected chi connectivity index (χ1v) is 6.93. The van der Waals surface area contributed by atoms with Gasteiger partial charge in [0.15, 0.2) is 0 Å². The van der Waals surface area contributed by atoms with E-state index in [-0.39, 0.29) is 5.91 Å². The van der Waals surface area contributed by atoms with Gasteiger partial charge in [-0.15, -0.1) is 0 Å². The van der Waals surface area contributed by atoms with Crippen LogP contribution in [0.5, 0.6) is 0 Å². The van der Waals surface area contributed by atoms with Crippen LogP contribution in [-0.2, 0) is 16.0 Å². The molecular weight excluding hydrogens is 254 g/mol. The summed E-state index contributed by atoms with van der Waals surface area (Å²) in [5.74, 6) is -2.43. The molecule has 2 unspecified atom stereocenters. The standard InChI is InChI=1S/C16H17NO3/c18-15(12-6-2-3-7-13(12)16(19)20)17-10-9-11-5-1-4-8-14(11)17/h1-5,8,12-13H,6-7,9-10H2,(H,19,20)/p-1. The highest BCUT2D eigenvalue weighted by molar-refractivity contribution is 5.99. The zero-order valence-electron chi connectivity index (χ0n) is 11.1. The Kier molecular flexibility index (Phi) is 3.30. The Morgan fingerprint density at radius 2 is 1.80 bits per heavy atom. The summed E-state index contributed by atoms with van der Waals surface area (Å²) < 4.78 is 0. The first kappa shape index (κ1) is 12.9. The van der Waals surface area contributed by atoms with E-state index in [9.17, 15) is 14.7 Å². The molecule has 1 aromatic rings. The molecule has 1 aliphatic carbocycles. The van der Waals surface area contributed by atoms with Gasteiger partial charge in [-0.2, -0.15) is 0 Å². The number of carbonyl (C=O) groups is 2. The van der Waals surface area contributed by atoms with Crippen LogP contribution in [0.2, 0.25) is 0 Å². The number of anilines is 1. The molecule has 104 valence electrons. The van der Waals surface area contributed by atoms with Crippen molar-refractivity contribution < 1.29 is 14.7 Å². The number of aliphatic carboxylic acids is 1. The van der Waals surface area contributed by atoms with Crippen molar-refractivity contribution in [3.63, 3.8) is 0 Å². The molecule has 20 heavy (non-hydrogen) atoms. The van der Waals surface area contributed by atoms with E-state index in [0.717, 1.165) is 17.7 Å². The number of carboxylic acids is 1. The van der Waals surface area contributed by atoms with Gasteiger partial charge in [-0.3, -0.25) is 4.79 Å². The molecule has 0 bridgehead atoms. The predicted octanol–water partition coefficient (Wildman–Crippen LogP) is 0.908. The van der Waals surface area contributed by atoms with Crippen LogP contribution in [-0.4, -0.2) is 18.4 Å². The van der Waals surface area contributed by atoms with Crippen molar-refractivity contribution in [3.8, 4) is 0 Å². The number of allylic oxidation sites excluding steroid dienone is 2. The normalized spacial score (nSPS) is 24.5. The summed E-state index contributed by atoms with van der Waals surface area (Å²) in [6.07, 6.45) is 5.41. The minimum atomic E-state index is -1.12. The third-order valence-electron chi connectivity index (χ3n) is 4.21. The van der Waals surface area contributed by atoms with Gasteiger partial charge in [0.25, 0.3) is 0 Å². The van der Waals surface area contributed by atoms with Crippen LogP contribution in [0.3, 0.4) is 0 Å². The molecule has 0 aromatic heterocycles. The zero-order valence-corrected chi connectivity index (χ0v) is 11.1. The molecule has 1 aliphatic heterocycles. The minimum absolute atomic E-state index is 0.0894. The Morgan fingerprint density at radius 1 is 1.10 bits per heavy atom. The van der Waals surface area contributed by atoms with Crippen molar-refractivity contribution in [3.05, 3.63) is 42.0 Å². The first-order valence-electron chi connectivity index (χ1n) is 6.93. The summed E-state index contributed by atoms with van der Waals surface area (Å²) >= 11 is 0. The number of rotatable bonds is 2. The number of fused-ring (bicyclic) bond motifs is 1. The smallest absolute Gasteiger partial charge is 0.231 e. The summed E-state index contributed by atoms with van der Waals surface area (Å²) in [6, 6.07) is 7.80. The number of para-hydroxylation sites is 1. The average Bonchev–Trinajstić information content (AvgIpc) is 2.90. The molecule has 0 radical (unpaired) electrons. The summed E-state index contributed by atoms with van der Waals surface area (Å²) in [5, 5.41) is 11.2. The topological polar surface area (TPSA) is 60.4 Å². The highest BCUT2D eigenvalue weighted by Gasteiger charge is 2.35. The van der Waals surface area contributed by atoms with Crippen LogP contribution >= 0.6 is 0 Å². The number of carboxylic acid groups (broad SMARTS) is 1. The van der Waals surface area contributed by atoms with Crippen LogP contribution in [0.15, 0.2) is 36.4 Å². The second-order valence-electron chi connectivity index (χ2n) is 5.34. The van der Waals surface area contributed by atoms with Crippen molar-refractivity contribution in [1.29, 1.82) is 0 Å². The Bertz CT molecular complexity index is 579. The Balaban J connectivity index is 1.86. The highest BCUT2D eigenvalue weighted by Crippen LogP contribution is 2.33. The molecule has 0 fully saturated rings. The van der Waals surface area contributed by atoms with Gasteiger partial charge in [-0.1, -0.05) is 30.4 Å². The summed E-state index contributed by atoms with van der Waals surface area (Å²) in [4.78, 5) is 25.6. The van der Waals surface area contributed by atoms with Crippen LogP contribution in [0, 0.1) is 11.8 Å². The molecule has 2 atom stereocenters. The number of hydrogen-bond acceptors (Lipinski definition) is 3. The lowest BCUT2D eigenvalue weighted by molar-refractivity contribution is -0.313. The summed E-state index contributed by atoms with van der Waals surface area (Å²) in [7, 11) is 0. The quantitative estimate of drug-likeness (QED) is 0.750. The van der Waals surface area contributed by atoms with E-state index in [1.54, 1.807) is 4.90 Å². The van der Waals surface area contributed by atoms with E-state index in [4.69, 9.17) is 0 Å². The lowest BCUT2D eigenvalue weighted by atomic mass is 9.82. The molecule has 0 spiro atoms. The van der Waals surface area contributed by atoms with Gasteiger partial charge < -0.3 is 14.8 Å². The highest BCUT2D eigenvalue weighted by atomic mass is 16.4. The van der Waals surface area contributed by atoms with Crippen molar-refractivity contribution >= 4 is 17.6 Å². The van der Waals surface area contributed by atoms with Crippen LogP contribution in [0.25, 0.3) is 0 Å². The molecule has 0 saturated carbocycles. The van der Waals surface area contributed by atoms with Crippen LogP contribution in [0.4, 0.5) is 5.69 Å². The van der Waals surface area contributed by atoms with E-state index in [1.165, 1.54) is 0 Å². The van der Waals surface area contributed by atoms with E-state index < -0.39 is 17.8 Å².